The zero-order valence-corrected chi connectivity index (χ0v) is 9.35. The third-order valence-corrected chi connectivity index (χ3v) is 1.93. The molecule has 1 atom stereocenters. The Balaban J connectivity index is 0. The van der Waals surface area contributed by atoms with Crippen LogP contribution < -0.4 is 5.32 Å². The minimum Gasteiger partial charge on any atom is -0.480 e. The van der Waals surface area contributed by atoms with E-state index in [1.807, 2.05) is 6.26 Å². The van der Waals surface area contributed by atoms with Crippen molar-refractivity contribution in [3.05, 3.63) is 0 Å². The minimum atomic E-state index is -0.973. The molecule has 4 nitrogen and oxygen atoms in total. The predicted octanol–water partition coefficient (Wildman–Crippen LogP) is 0.326. The number of carboxylic acid groups (broad SMARTS) is 1. The first kappa shape index (κ1) is 15.3. The van der Waals surface area contributed by atoms with Gasteiger partial charge < -0.3 is 10.4 Å². The maximum Gasteiger partial charge on any atom is 0.326 e. The molecular formula is C7H13CoNO3S. The average molecular weight is 250 g/mol. The van der Waals surface area contributed by atoms with E-state index < -0.39 is 12.0 Å². The van der Waals surface area contributed by atoms with Crippen molar-refractivity contribution in [1.29, 1.82) is 0 Å². The summed E-state index contributed by atoms with van der Waals surface area (Å²) in [4.78, 5) is 21.1. The summed E-state index contributed by atoms with van der Waals surface area (Å²) >= 11 is 1.56. The van der Waals surface area contributed by atoms with Crippen molar-refractivity contribution >= 4 is 23.6 Å². The molecular weight excluding hydrogens is 237 g/mol. The van der Waals surface area contributed by atoms with Crippen LogP contribution in [0.25, 0.3) is 0 Å². The molecule has 0 aliphatic carbocycles. The molecule has 0 spiro atoms. The second-order valence-electron chi connectivity index (χ2n) is 2.37. The number of thioether (sulfide) groups is 1. The minimum absolute atomic E-state index is 0. The molecule has 0 aromatic carbocycles. The van der Waals surface area contributed by atoms with E-state index in [0.29, 0.717) is 6.42 Å². The Morgan fingerprint density at radius 2 is 2.08 bits per heavy atom. The summed E-state index contributed by atoms with van der Waals surface area (Å²) < 4.78 is 0. The molecule has 79 valence electrons. The molecule has 6 heteroatoms. The first-order valence-corrected chi connectivity index (χ1v) is 4.96. The van der Waals surface area contributed by atoms with Gasteiger partial charge in [-0.2, -0.15) is 11.8 Å². The number of amides is 1. The third kappa shape index (κ3) is 8.14. The topological polar surface area (TPSA) is 66.4 Å². The molecule has 0 aromatic rings. The standard InChI is InChI=1S/C7H13NO3S.Co/c1-5(9)8-6(7(10)11)3-4-12-2;/h6H,3-4H2,1-2H3,(H,8,9)(H,10,11);/t6-;/m0./s1. The van der Waals surface area contributed by atoms with Crippen LogP contribution in [-0.2, 0) is 26.4 Å². The predicted molar refractivity (Wildman–Crippen MR) is 48.2 cm³/mol. The van der Waals surface area contributed by atoms with Crippen molar-refractivity contribution in [2.45, 2.75) is 19.4 Å². The molecule has 1 radical (unpaired) electrons. The van der Waals surface area contributed by atoms with E-state index in [1.165, 1.54) is 6.92 Å². The van der Waals surface area contributed by atoms with Crippen molar-refractivity contribution in [2.75, 3.05) is 12.0 Å². The van der Waals surface area contributed by atoms with Gasteiger partial charge in [0.05, 0.1) is 0 Å². The number of hydrogen-bond donors (Lipinski definition) is 2. The number of carbonyl (C=O) groups is 2. The number of rotatable bonds is 5. The summed E-state index contributed by atoms with van der Waals surface area (Å²) in [6, 6.07) is -0.741. The van der Waals surface area contributed by atoms with E-state index in [4.69, 9.17) is 5.11 Å². The molecule has 0 fully saturated rings. The van der Waals surface area contributed by atoms with Gasteiger partial charge in [-0.1, -0.05) is 0 Å². The number of carbonyl (C=O) groups excluding carboxylic acids is 1. The van der Waals surface area contributed by atoms with Gasteiger partial charge in [0.15, 0.2) is 0 Å². The second-order valence-corrected chi connectivity index (χ2v) is 3.36. The first-order chi connectivity index (χ1) is 5.57. The van der Waals surface area contributed by atoms with Gasteiger partial charge >= 0.3 is 5.97 Å². The van der Waals surface area contributed by atoms with Gasteiger partial charge in [-0.15, -0.1) is 0 Å². The molecule has 0 aromatic heterocycles. The van der Waals surface area contributed by atoms with Crippen molar-refractivity contribution in [2.24, 2.45) is 0 Å². The average Bonchev–Trinajstić information content (AvgIpc) is 1.96. The van der Waals surface area contributed by atoms with Crippen LogP contribution in [-0.4, -0.2) is 35.0 Å². The summed E-state index contributed by atoms with van der Waals surface area (Å²) in [6.45, 7) is 1.31. The van der Waals surface area contributed by atoms with Gasteiger partial charge in [-0.05, 0) is 18.4 Å². The number of aliphatic carboxylic acids is 1. The van der Waals surface area contributed by atoms with Crippen LogP contribution in [0.4, 0.5) is 0 Å². The van der Waals surface area contributed by atoms with Crippen molar-refractivity contribution < 1.29 is 31.5 Å². The Morgan fingerprint density at radius 1 is 1.54 bits per heavy atom. The summed E-state index contributed by atoms with van der Waals surface area (Å²) in [5, 5.41) is 11.0. The Morgan fingerprint density at radius 3 is 2.38 bits per heavy atom. The summed E-state index contributed by atoms with van der Waals surface area (Å²) in [6.07, 6.45) is 2.36. The zero-order valence-electron chi connectivity index (χ0n) is 7.50. The Kier molecular flexibility index (Phi) is 9.87. The Labute approximate surface area is 92.0 Å². The maximum absolute atomic E-state index is 10.5. The maximum atomic E-state index is 10.5. The van der Waals surface area contributed by atoms with Crippen LogP contribution in [0, 0.1) is 0 Å². The van der Waals surface area contributed by atoms with Crippen LogP contribution >= 0.6 is 11.8 Å². The van der Waals surface area contributed by atoms with Crippen molar-refractivity contribution in [3.8, 4) is 0 Å². The van der Waals surface area contributed by atoms with Gasteiger partial charge in [0.1, 0.15) is 6.04 Å². The molecule has 0 bridgehead atoms. The normalized spacial score (nSPS) is 11.2. The molecule has 0 rings (SSSR count). The Bertz CT molecular complexity index is 177. The van der Waals surface area contributed by atoms with Gasteiger partial charge in [0.25, 0.3) is 0 Å². The van der Waals surface area contributed by atoms with Crippen LogP contribution in [0.2, 0.25) is 0 Å². The molecule has 1 amide bonds. The van der Waals surface area contributed by atoms with Crippen LogP contribution in [0.3, 0.4) is 0 Å². The largest absolute Gasteiger partial charge is 0.480 e. The molecule has 0 saturated carbocycles. The second kappa shape index (κ2) is 8.40. The number of hydrogen-bond acceptors (Lipinski definition) is 3. The van der Waals surface area contributed by atoms with Crippen LogP contribution in [0.1, 0.15) is 13.3 Å². The molecule has 13 heavy (non-hydrogen) atoms. The zero-order chi connectivity index (χ0) is 9.56. The van der Waals surface area contributed by atoms with E-state index in [-0.39, 0.29) is 22.7 Å². The first-order valence-electron chi connectivity index (χ1n) is 3.56. The monoisotopic (exact) mass is 250 g/mol. The Hall–Kier alpha value is -0.204. The van der Waals surface area contributed by atoms with E-state index in [9.17, 15) is 9.59 Å². The van der Waals surface area contributed by atoms with Crippen LogP contribution in [0.5, 0.6) is 0 Å². The molecule has 0 unspecified atom stereocenters. The van der Waals surface area contributed by atoms with E-state index >= 15 is 0 Å². The van der Waals surface area contributed by atoms with Gasteiger partial charge in [0.2, 0.25) is 5.91 Å². The molecule has 2 N–H and O–H groups in total. The quantitative estimate of drug-likeness (QED) is 0.737. The van der Waals surface area contributed by atoms with Gasteiger partial charge in [0, 0.05) is 23.7 Å². The van der Waals surface area contributed by atoms with Crippen LogP contribution in [0.15, 0.2) is 0 Å². The number of carboxylic acids is 1. The van der Waals surface area contributed by atoms with Crippen molar-refractivity contribution in [3.63, 3.8) is 0 Å². The summed E-state index contributed by atoms with van der Waals surface area (Å²) in [5.74, 6) is -0.542. The molecule has 0 aliphatic heterocycles. The fourth-order valence-electron chi connectivity index (χ4n) is 0.738. The van der Waals surface area contributed by atoms with Gasteiger partial charge in [-0.3, -0.25) is 4.79 Å². The van der Waals surface area contributed by atoms with Crippen molar-refractivity contribution in [1.82, 2.24) is 5.32 Å². The fourth-order valence-corrected chi connectivity index (χ4v) is 1.21. The van der Waals surface area contributed by atoms with E-state index in [2.05, 4.69) is 5.32 Å². The molecule has 0 heterocycles. The third-order valence-electron chi connectivity index (χ3n) is 1.29. The van der Waals surface area contributed by atoms with E-state index in [0.717, 1.165) is 5.75 Å². The van der Waals surface area contributed by atoms with Gasteiger partial charge in [-0.25, -0.2) is 4.79 Å². The molecule has 0 aliphatic rings. The fraction of sp³-hybridized carbons (Fsp3) is 0.714. The summed E-state index contributed by atoms with van der Waals surface area (Å²) in [7, 11) is 0. The SMILES string of the molecule is CSCC[C@H](NC(C)=O)C(=O)O.[Co]. The number of nitrogens with one attached hydrogen (secondary N) is 1. The summed E-state index contributed by atoms with van der Waals surface area (Å²) in [5.41, 5.74) is 0. The smallest absolute Gasteiger partial charge is 0.326 e. The molecule has 0 saturated heterocycles. The van der Waals surface area contributed by atoms with E-state index in [1.54, 1.807) is 11.8 Å².